The molecule has 4 nitrogen and oxygen atoms in total. The summed E-state index contributed by atoms with van der Waals surface area (Å²) in [5, 5.41) is 2.98. The van der Waals surface area contributed by atoms with Crippen LogP contribution in [0, 0.1) is 13.8 Å². The van der Waals surface area contributed by atoms with E-state index < -0.39 is 0 Å². The Morgan fingerprint density at radius 2 is 1.96 bits per heavy atom. The van der Waals surface area contributed by atoms with Crippen molar-refractivity contribution in [3.05, 3.63) is 65.0 Å². The Morgan fingerprint density at radius 1 is 1.13 bits per heavy atom. The summed E-state index contributed by atoms with van der Waals surface area (Å²) in [5.74, 6) is 1.02. The molecule has 0 atom stereocenters. The van der Waals surface area contributed by atoms with Gasteiger partial charge in [0.1, 0.15) is 5.82 Å². The fraction of sp³-hybridized carbons (Fsp3) is 0.263. The fourth-order valence-electron chi connectivity index (χ4n) is 2.75. The third kappa shape index (κ3) is 3.42. The summed E-state index contributed by atoms with van der Waals surface area (Å²) in [5.41, 5.74) is 5.35. The molecule has 1 heterocycles. The van der Waals surface area contributed by atoms with E-state index in [4.69, 9.17) is 0 Å². The first-order valence-electron chi connectivity index (χ1n) is 7.77. The number of amides is 1. The molecule has 1 amide bonds. The molecule has 2 aromatic carbocycles. The Hall–Kier alpha value is -2.62. The third-order valence-corrected chi connectivity index (χ3v) is 4.11. The molecule has 0 saturated carbocycles. The van der Waals surface area contributed by atoms with Crippen LogP contribution in [0.4, 0.5) is 0 Å². The lowest BCUT2D eigenvalue weighted by Gasteiger charge is -2.06. The van der Waals surface area contributed by atoms with Crippen LogP contribution in [-0.4, -0.2) is 15.5 Å². The van der Waals surface area contributed by atoms with E-state index >= 15 is 0 Å². The van der Waals surface area contributed by atoms with Crippen LogP contribution in [-0.2, 0) is 24.8 Å². The van der Waals surface area contributed by atoms with Crippen molar-refractivity contribution >= 4 is 16.9 Å². The minimum absolute atomic E-state index is 0.0351. The second-order valence-corrected chi connectivity index (χ2v) is 5.98. The zero-order chi connectivity index (χ0) is 16.4. The molecule has 0 aliphatic heterocycles. The van der Waals surface area contributed by atoms with Gasteiger partial charge in [-0.1, -0.05) is 35.9 Å². The van der Waals surface area contributed by atoms with E-state index in [9.17, 15) is 4.79 Å². The van der Waals surface area contributed by atoms with Crippen LogP contribution in [0.15, 0.2) is 42.5 Å². The van der Waals surface area contributed by atoms with Crippen molar-refractivity contribution < 1.29 is 4.79 Å². The molecule has 0 aliphatic rings. The van der Waals surface area contributed by atoms with Gasteiger partial charge in [-0.05, 0) is 37.1 Å². The number of rotatable bonds is 4. The number of carbonyl (C=O) groups is 1. The smallest absolute Gasteiger partial charge is 0.224 e. The lowest BCUT2D eigenvalue weighted by Crippen LogP contribution is -2.24. The molecule has 3 aromatic rings. The van der Waals surface area contributed by atoms with E-state index in [2.05, 4.69) is 20.9 Å². The van der Waals surface area contributed by atoms with Crippen molar-refractivity contribution in [1.82, 2.24) is 14.9 Å². The maximum atomic E-state index is 12.1. The maximum absolute atomic E-state index is 12.1. The van der Waals surface area contributed by atoms with Crippen LogP contribution in [0.25, 0.3) is 11.0 Å². The first kappa shape index (κ1) is 15.3. The number of imidazole rings is 1. The molecule has 0 spiro atoms. The van der Waals surface area contributed by atoms with Crippen molar-refractivity contribution in [2.24, 2.45) is 7.05 Å². The molecule has 1 aromatic heterocycles. The minimum Gasteiger partial charge on any atom is -0.352 e. The molecule has 0 aliphatic carbocycles. The average Bonchev–Trinajstić information content (AvgIpc) is 2.80. The van der Waals surface area contributed by atoms with E-state index in [1.54, 1.807) is 0 Å². The quantitative estimate of drug-likeness (QED) is 0.805. The van der Waals surface area contributed by atoms with Crippen LogP contribution in [0.5, 0.6) is 0 Å². The maximum Gasteiger partial charge on any atom is 0.224 e. The number of nitrogens with zero attached hydrogens (tertiary/aromatic N) is 2. The molecule has 0 fully saturated rings. The zero-order valence-corrected chi connectivity index (χ0v) is 13.8. The zero-order valence-electron chi connectivity index (χ0n) is 13.8. The van der Waals surface area contributed by atoms with Crippen LogP contribution < -0.4 is 5.32 Å². The topological polar surface area (TPSA) is 46.9 Å². The van der Waals surface area contributed by atoms with Crippen molar-refractivity contribution in [3.63, 3.8) is 0 Å². The predicted molar refractivity (Wildman–Crippen MR) is 92.2 cm³/mol. The van der Waals surface area contributed by atoms with Gasteiger partial charge in [-0.3, -0.25) is 4.79 Å². The van der Waals surface area contributed by atoms with Gasteiger partial charge in [0, 0.05) is 13.6 Å². The van der Waals surface area contributed by atoms with Crippen molar-refractivity contribution in [2.75, 3.05) is 0 Å². The minimum atomic E-state index is 0.0351. The third-order valence-electron chi connectivity index (χ3n) is 4.11. The first-order chi connectivity index (χ1) is 11.0. The standard InChI is InChI=1S/C19H21N3O/c1-13-5-4-6-15(9-13)11-19(23)20-12-16-7-8-18-17(10-16)21-14(2)22(18)3/h4-10H,11-12H2,1-3H3,(H,20,23). The molecule has 4 heteroatoms. The summed E-state index contributed by atoms with van der Waals surface area (Å²) >= 11 is 0. The van der Waals surface area contributed by atoms with Crippen LogP contribution in [0.1, 0.15) is 22.5 Å². The van der Waals surface area contributed by atoms with Gasteiger partial charge in [0.05, 0.1) is 17.5 Å². The van der Waals surface area contributed by atoms with Gasteiger partial charge < -0.3 is 9.88 Å². The van der Waals surface area contributed by atoms with E-state index in [0.717, 1.165) is 28.0 Å². The van der Waals surface area contributed by atoms with E-state index in [1.165, 1.54) is 5.56 Å². The predicted octanol–water partition coefficient (Wildman–Crippen LogP) is 3.05. The van der Waals surface area contributed by atoms with E-state index in [-0.39, 0.29) is 5.91 Å². The van der Waals surface area contributed by atoms with Crippen LogP contribution in [0.3, 0.4) is 0 Å². The Kier molecular flexibility index (Phi) is 4.15. The number of benzene rings is 2. The summed E-state index contributed by atoms with van der Waals surface area (Å²) in [4.78, 5) is 16.6. The Morgan fingerprint density at radius 3 is 2.74 bits per heavy atom. The monoisotopic (exact) mass is 307 g/mol. The van der Waals surface area contributed by atoms with Crippen LogP contribution >= 0.6 is 0 Å². The summed E-state index contributed by atoms with van der Waals surface area (Å²) in [7, 11) is 2.01. The summed E-state index contributed by atoms with van der Waals surface area (Å²) in [6.45, 7) is 4.55. The van der Waals surface area contributed by atoms with Crippen molar-refractivity contribution in [1.29, 1.82) is 0 Å². The Bertz CT molecular complexity index is 864. The molecule has 0 bridgehead atoms. The van der Waals surface area contributed by atoms with Gasteiger partial charge in [-0.2, -0.15) is 0 Å². The normalized spacial score (nSPS) is 10.9. The second kappa shape index (κ2) is 6.24. The summed E-state index contributed by atoms with van der Waals surface area (Å²) < 4.78 is 2.06. The highest BCUT2D eigenvalue weighted by Gasteiger charge is 2.07. The average molecular weight is 307 g/mol. The molecular weight excluding hydrogens is 286 g/mol. The van der Waals surface area contributed by atoms with Crippen molar-refractivity contribution in [3.8, 4) is 0 Å². The molecule has 0 saturated heterocycles. The second-order valence-electron chi connectivity index (χ2n) is 5.98. The van der Waals surface area contributed by atoms with Gasteiger partial charge in [0.25, 0.3) is 0 Å². The molecule has 0 unspecified atom stereocenters. The highest BCUT2D eigenvalue weighted by Crippen LogP contribution is 2.16. The number of hydrogen-bond acceptors (Lipinski definition) is 2. The van der Waals surface area contributed by atoms with Crippen LogP contribution in [0.2, 0.25) is 0 Å². The SMILES string of the molecule is Cc1cccc(CC(=O)NCc2ccc3c(c2)nc(C)n3C)c1. The van der Waals surface area contributed by atoms with E-state index in [0.29, 0.717) is 13.0 Å². The lowest BCUT2D eigenvalue weighted by molar-refractivity contribution is -0.120. The van der Waals surface area contributed by atoms with Gasteiger partial charge in [-0.25, -0.2) is 4.98 Å². The van der Waals surface area contributed by atoms with Gasteiger partial charge in [0.15, 0.2) is 0 Å². The fourth-order valence-corrected chi connectivity index (χ4v) is 2.75. The van der Waals surface area contributed by atoms with Gasteiger partial charge >= 0.3 is 0 Å². The largest absolute Gasteiger partial charge is 0.352 e. The molecule has 3 rings (SSSR count). The molecule has 118 valence electrons. The summed E-state index contributed by atoms with van der Waals surface area (Å²) in [6.07, 6.45) is 0.409. The van der Waals surface area contributed by atoms with Crippen molar-refractivity contribution in [2.45, 2.75) is 26.8 Å². The Labute approximate surface area is 136 Å². The van der Waals surface area contributed by atoms with E-state index in [1.807, 2.05) is 57.3 Å². The lowest BCUT2D eigenvalue weighted by atomic mass is 10.1. The molecule has 23 heavy (non-hydrogen) atoms. The number of aromatic nitrogens is 2. The number of carbonyl (C=O) groups excluding carboxylic acids is 1. The summed E-state index contributed by atoms with van der Waals surface area (Å²) in [6, 6.07) is 14.2. The number of aryl methyl sites for hydroxylation is 3. The molecule has 0 radical (unpaired) electrons. The highest BCUT2D eigenvalue weighted by atomic mass is 16.1. The van der Waals surface area contributed by atoms with Gasteiger partial charge in [-0.15, -0.1) is 0 Å². The molecule has 1 N–H and O–H groups in total. The number of fused-ring (bicyclic) bond motifs is 1. The number of nitrogens with one attached hydrogen (secondary N) is 1. The number of hydrogen-bond donors (Lipinski definition) is 1. The Balaban J connectivity index is 1.64. The highest BCUT2D eigenvalue weighted by molar-refractivity contribution is 5.79. The molecular formula is C19H21N3O. The van der Waals surface area contributed by atoms with Gasteiger partial charge in [0.2, 0.25) is 5.91 Å². The first-order valence-corrected chi connectivity index (χ1v) is 7.77.